The van der Waals surface area contributed by atoms with Crippen molar-refractivity contribution >= 4 is 122 Å². The fraction of sp³-hybridized carbons (Fsp3) is 0.682. The molecular formula is C88H138F3N17O32S. The van der Waals surface area contributed by atoms with Crippen LogP contribution in [0.5, 0.6) is 5.88 Å². The maximum atomic E-state index is 12.5. The highest BCUT2D eigenvalue weighted by Gasteiger charge is 2.51. The molecule has 10 unspecified atom stereocenters. The summed E-state index contributed by atoms with van der Waals surface area (Å²) in [5, 5.41) is 38.2. The summed E-state index contributed by atoms with van der Waals surface area (Å²) in [6.45, 7) is 40.6. The average molecular weight is 2040 g/mol. The minimum Gasteiger partial charge on any atom is -0.465 e. The van der Waals surface area contributed by atoms with E-state index in [9.17, 15) is 122 Å². The minimum atomic E-state index is -5.93. The number of carbonyl (C=O) groups excluding carboxylic acids is 19. The highest BCUT2D eigenvalue weighted by molar-refractivity contribution is 7.88. The van der Waals surface area contributed by atoms with Crippen molar-refractivity contribution in [3.8, 4) is 5.88 Å². The number of hydrogen-bond donors (Lipinski definition) is 9. The van der Waals surface area contributed by atoms with Crippen LogP contribution in [0.2, 0.25) is 0 Å². The van der Waals surface area contributed by atoms with Crippen LogP contribution >= 0.6 is 0 Å². The number of nitrogens with one attached hydrogen (secondary N) is 5. The zero-order valence-electron chi connectivity index (χ0n) is 85.0. The van der Waals surface area contributed by atoms with E-state index in [0.29, 0.717) is 54.9 Å². The summed E-state index contributed by atoms with van der Waals surface area (Å²) in [5.41, 5.74) is -7.33. The third-order valence-corrected chi connectivity index (χ3v) is 21.6. The van der Waals surface area contributed by atoms with Gasteiger partial charge in [0.1, 0.15) is 63.1 Å². The zero-order valence-corrected chi connectivity index (χ0v) is 85.8. The van der Waals surface area contributed by atoms with Crippen molar-refractivity contribution in [2.45, 2.75) is 326 Å². The Balaban J connectivity index is 0.000000820. The molecule has 3 aromatic rings. The van der Waals surface area contributed by atoms with Gasteiger partial charge in [0.2, 0.25) is 0 Å². The number of aromatic nitrogens is 6. The highest BCUT2D eigenvalue weighted by atomic mass is 32.2. The molecule has 4 fully saturated rings. The van der Waals surface area contributed by atoms with Gasteiger partial charge in [0.05, 0.1) is 104 Å². The summed E-state index contributed by atoms with van der Waals surface area (Å²) < 4.78 is 95.2. The summed E-state index contributed by atoms with van der Waals surface area (Å²) in [4.78, 5) is 252. The number of piperidine rings is 2. The summed E-state index contributed by atoms with van der Waals surface area (Å²) in [6, 6.07) is -4.08. The summed E-state index contributed by atoms with van der Waals surface area (Å²) >= 11 is 0. The van der Waals surface area contributed by atoms with E-state index in [2.05, 4.69) is 56.7 Å². The molecule has 0 radical (unpaired) electrons. The molecule has 3 aromatic heterocycles. The maximum Gasteiger partial charge on any atom is 0.534 e. The third kappa shape index (κ3) is 40.7. The number of nitrogens with zero attached hydrogens (tertiary/aromatic N) is 10. The highest BCUT2D eigenvalue weighted by Crippen LogP contribution is 2.36. The molecule has 7 aliphatic rings. The number of ether oxygens (including phenoxy) is 6. The Morgan fingerprint density at radius 1 is 0.447 bits per heavy atom. The number of likely N-dealkylation sites (N-methyl/N-ethyl adjacent to an activating group) is 2. The minimum absolute atomic E-state index is 0.0444. The summed E-state index contributed by atoms with van der Waals surface area (Å²) in [6.07, 6.45) is -1.95. The molecule has 0 spiro atoms. The lowest BCUT2D eigenvalue weighted by Gasteiger charge is -2.37. The maximum absolute atomic E-state index is 12.5. The first-order chi connectivity index (χ1) is 64.6. The van der Waals surface area contributed by atoms with Gasteiger partial charge in [-0.1, -0.05) is 6.92 Å². The molecule has 7 amide bonds. The van der Waals surface area contributed by atoms with Crippen molar-refractivity contribution in [2.24, 2.45) is 33.7 Å². The van der Waals surface area contributed by atoms with Crippen molar-refractivity contribution in [1.29, 1.82) is 0 Å². The van der Waals surface area contributed by atoms with Gasteiger partial charge in [0.25, 0.3) is 29.3 Å². The molecule has 4 saturated heterocycles. The Bertz CT molecular complexity index is 5220. The molecular weight excluding hydrogens is 1900 g/mol. The molecule has 53 heteroatoms. The average Bonchev–Trinajstić information content (AvgIpc) is 1.48. The van der Waals surface area contributed by atoms with Crippen molar-refractivity contribution in [3.63, 3.8) is 0 Å². The fourth-order valence-corrected chi connectivity index (χ4v) is 14.5. The molecule has 10 atom stereocenters. The number of azo groups is 1. The number of fused-ring (bicyclic) bond motifs is 3. The van der Waals surface area contributed by atoms with Gasteiger partial charge >= 0.3 is 52.1 Å². The van der Waals surface area contributed by atoms with E-state index in [0.717, 1.165) is 21.8 Å². The van der Waals surface area contributed by atoms with Gasteiger partial charge < -0.3 is 53.0 Å². The number of aromatic amines is 5. The number of likely N-dealkylation sites (tertiary alicyclic amines) is 4. The molecule has 0 aromatic carbocycles. The molecule has 794 valence electrons. The number of ketones is 11. The molecule has 0 saturated carbocycles. The number of hydrogen-bond acceptors (Lipinski definition) is 37. The smallest absolute Gasteiger partial charge is 0.465 e. The summed E-state index contributed by atoms with van der Waals surface area (Å²) in [5.74, 6) is 2.39. The number of Topliss-reactive ketones (excluding diaryl/α,β-unsaturated/α-hetero) is 11. The van der Waals surface area contributed by atoms with Crippen LogP contribution in [0.25, 0.3) is 0 Å². The SMILES string of the molecule is CC(=O)C1CC(=O)CN1C.CC(=O)C1CC(C(C)=O)N(C(=O)OC(C)(C)C)CC1=O.CC(=O)C1CC(O)CN1C.CC(=O)C1Cc2[nH][nH]c(=O)c2CN1C(=O)OC(C)(C)C.CC(=O)C1Cc2[nH]nc(OS(=O)(=O)C(F)(F)F)c2CN1C(=O)OC(C)(C)C.CC(=O)C1Cc2c([nH][nH]c2=O)CN1C(=O)OC(C)(C)C.CCC(=O)N=NC=O.CCOC(=O)C1CN(C(=O)OC(C)(C)C)C(C(C)=O)CC1=O.CO.NN. The first kappa shape index (κ1) is 127. The summed E-state index contributed by atoms with van der Waals surface area (Å²) in [7, 11) is -1.27. The van der Waals surface area contributed by atoms with E-state index in [1.165, 1.54) is 58.3 Å². The number of aliphatic hydroxyl groups is 2. The topological polar surface area (TPSA) is 689 Å². The second-order valence-corrected chi connectivity index (χ2v) is 39.5. The second-order valence-electron chi connectivity index (χ2n) is 38.0. The molecule has 10 heterocycles. The van der Waals surface area contributed by atoms with Crippen LogP contribution in [0.3, 0.4) is 0 Å². The number of amides is 7. The molecule has 0 bridgehead atoms. The number of alkyl halides is 3. The molecule has 10 rings (SSSR count). The van der Waals surface area contributed by atoms with Crippen LogP contribution in [0.15, 0.2) is 19.8 Å². The molecule has 141 heavy (non-hydrogen) atoms. The van der Waals surface area contributed by atoms with Crippen LogP contribution in [-0.4, -0.2) is 332 Å². The standard InChI is InChI=1S/C15H23NO6.C14H18F3N3O6S.C14H21NO5.2C13H19N3O4.C7H13NO2.C7H11NO2.C4H6N2O2.CH4O.H4N2/c1-6-21-13(19)10-8-16(14(20)22-15(3,4)5)11(9(2)17)7-12(10)18;1-7(21)10-5-9-8(6-20(10)12(22)25-13(2,3)4)11(19-18-9)26-27(23,24)14(15,16)17;1-8(16)10-6-11(9(2)17)15(7-12(10)18)13(19)20-14(3,4)5;1-7(17)10-5-9-8(11(18)15-14-9)6-16(10)12(19)20-13(2,3)4;1-7(17)10-5-8-9(14-15-11(8)18)6-16(10)12(19)20-13(2,3)4;2*1-5(9)7-3-6(10)4-8(7)2;1-2-4(8)6-5-3-7;2*1-2/h10-11H,6-8H2,1-5H3;10H,5-6H2,1-4H3,(H,18,19);10-11H,6-7H2,1-5H3;2*10H,5-6H2,1-4H3,(H2,14,15,18);6-7,10H,3-4H2,1-2H3;7H,3-4H2,1-2H3;3H,2H2,1H3;2H,1H3;1-2H2. The number of β-amino-alcohol motifs (C(OH)–C–C–N with tert-alkyl or cyclic N) is 1. The predicted molar refractivity (Wildman–Crippen MR) is 492 cm³/mol. The molecule has 49 nitrogen and oxygen atoms in total. The van der Waals surface area contributed by atoms with Gasteiger partial charge in [0, 0.05) is 75.7 Å². The van der Waals surface area contributed by atoms with Gasteiger partial charge in [0.15, 0.2) is 40.5 Å². The normalized spacial score (nSPS) is 20.6. The number of aliphatic hydroxyl groups excluding tert-OH is 2. The fourth-order valence-electron chi connectivity index (χ4n) is 14.1. The van der Waals surface area contributed by atoms with Gasteiger partial charge in [-0.2, -0.15) is 21.6 Å². The van der Waals surface area contributed by atoms with Crippen LogP contribution in [0.4, 0.5) is 37.1 Å². The molecule has 11 N–H and O–H groups in total. The van der Waals surface area contributed by atoms with Gasteiger partial charge in [-0.05, 0) is 193 Å². The van der Waals surface area contributed by atoms with E-state index < -0.39 is 140 Å². The Hall–Kier alpha value is -12.3. The van der Waals surface area contributed by atoms with E-state index in [-0.39, 0.29) is 176 Å². The molecule has 0 aliphatic carbocycles. The van der Waals surface area contributed by atoms with Crippen molar-refractivity contribution in [3.05, 3.63) is 54.5 Å². The van der Waals surface area contributed by atoms with Crippen LogP contribution < -0.4 is 27.0 Å². The Morgan fingerprint density at radius 3 is 1.18 bits per heavy atom. The number of nitrogens with two attached hydrogens (primary N) is 2. The largest absolute Gasteiger partial charge is 0.534 e. The lowest BCUT2D eigenvalue weighted by atomic mass is 9.86. The monoisotopic (exact) mass is 2030 g/mol. The van der Waals surface area contributed by atoms with Crippen LogP contribution in [0.1, 0.15) is 239 Å². The Kier molecular flexibility index (Phi) is 49.1. The first-order valence-corrected chi connectivity index (χ1v) is 45.7. The van der Waals surface area contributed by atoms with Crippen molar-refractivity contribution in [2.75, 3.05) is 54.0 Å². The van der Waals surface area contributed by atoms with E-state index in [4.69, 9.17) is 38.6 Å². The molecule has 7 aliphatic heterocycles. The Morgan fingerprint density at radius 2 is 0.830 bits per heavy atom. The number of esters is 1. The van der Waals surface area contributed by atoms with E-state index >= 15 is 0 Å². The van der Waals surface area contributed by atoms with Gasteiger partial charge in [-0.3, -0.25) is 138 Å². The number of carbonyl (C=O) groups is 19. The first-order valence-electron chi connectivity index (χ1n) is 44.2. The van der Waals surface area contributed by atoms with Gasteiger partial charge in [-0.15, -0.1) is 15.3 Å². The van der Waals surface area contributed by atoms with Gasteiger partial charge in [-0.25, -0.2) is 24.0 Å². The lowest BCUT2D eigenvalue weighted by Crippen LogP contribution is -2.56. The Labute approximate surface area is 813 Å². The van der Waals surface area contributed by atoms with Crippen molar-refractivity contribution in [1.82, 2.24) is 64.9 Å². The van der Waals surface area contributed by atoms with Crippen LogP contribution in [0, 0.1) is 11.8 Å². The zero-order chi connectivity index (χ0) is 110. The van der Waals surface area contributed by atoms with Crippen molar-refractivity contribution < 1.29 is 156 Å². The predicted octanol–water partition coefficient (Wildman–Crippen LogP) is 4.94. The number of rotatable bonds is 14. The van der Waals surface area contributed by atoms with E-state index in [1.807, 2.05) is 11.9 Å². The second kappa shape index (κ2) is 54.6. The van der Waals surface area contributed by atoms with E-state index in [1.54, 1.807) is 137 Å². The lowest BCUT2D eigenvalue weighted by molar-refractivity contribution is -0.156. The third-order valence-electron chi connectivity index (χ3n) is 20.6. The van der Waals surface area contributed by atoms with Crippen LogP contribution in [-0.2, 0) is 145 Å². The number of H-pyrrole nitrogens is 5. The number of halogens is 3. The number of hydrazine groups is 1. The quantitative estimate of drug-likeness (QED) is 0.0119.